The molecule has 1 amide bonds. The Kier molecular flexibility index (Phi) is 8.21. The lowest BCUT2D eigenvalue weighted by Crippen LogP contribution is -2.36. The molecule has 1 aliphatic rings. The molecule has 3 rings (SSSR count). The molecule has 186 valence electrons. The molecule has 0 unspecified atom stereocenters. The molecule has 1 saturated heterocycles. The molecule has 2 aromatic carbocycles. The van der Waals surface area contributed by atoms with Gasteiger partial charge < -0.3 is 14.8 Å². The maximum atomic E-state index is 13.3. The fourth-order valence-electron chi connectivity index (χ4n) is 3.97. The van der Waals surface area contributed by atoms with Crippen LogP contribution in [0, 0.1) is 5.92 Å². The van der Waals surface area contributed by atoms with Gasteiger partial charge in [0.05, 0.1) is 23.5 Å². The summed E-state index contributed by atoms with van der Waals surface area (Å²) in [6.07, 6.45) is -4.00. The summed E-state index contributed by atoms with van der Waals surface area (Å²) in [4.78, 5) is 13.0. The van der Waals surface area contributed by atoms with E-state index in [2.05, 4.69) is 5.32 Å². The smallest absolute Gasteiger partial charge is 0.416 e. The van der Waals surface area contributed by atoms with E-state index in [4.69, 9.17) is 9.47 Å². The molecule has 0 radical (unpaired) electrons. The third-order valence-electron chi connectivity index (χ3n) is 5.79. The van der Waals surface area contributed by atoms with Gasteiger partial charge >= 0.3 is 6.18 Å². The van der Waals surface area contributed by atoms with Crippen molar-refractivity contribution < 1.29 is 35.9 Å². The van der Waals surface area contributed by atoms with E-state index in [1.54, 1.807) is 0 Å². The minimum absolute atomic E-state index is 0.0113. The van der Waals surface area contributed by atoms with Crippen molar-refractivity contribution in [3.63, 3.8) is 0 Å². The fourth-order valence-corrected chi connectivity index (χ4v) is 5.46. The Morgan fingerprint density at radius 2 is 1.82 bits per heavy atom. The third-order valence-corrected chi connectivity index (χ3v) is 7.63. The zero-order valence-corrected chi connectivity index (χ0v) is 19.7. The van der Waals surface area contributed by atoms with Crippen LogP contribution in [0.15, 0.2) is 53.4 Å². The fraction of sp³-hybridized carbons (Fsp3) is 0.435. The molecule has 2 atom stereocenters. The Morgan fingerprint density at radius 3 is 2.44 bits per heavy atom. The summed E-state index contributed by atoms with van der Waals surface area (Å²) in [5.41, 5.74) is -0.583. The molecule has 0 aromatic heterocycles. The van der Waals surface area contributed by atoms with Gasteiger partial charge in [-0.25, -0.2) is 8.42 Å². The number of halogens is 3. The molecule has 11 heteroatoms. The number of ether oxygens (including phenoxy) is 2. The summed E-state index contributed by atoms with van der Waals surface area (Å²) in [5, 5.41) is 2.75. The maximum Gasteiger partial charge on any atom is 0.416 e. The zero-order chi connectivity index (χ0) is 24.9. The van der Waals surface area contributed by atoms with Crippen molar-refractivity contribution in [3.8, 4) is 5.75 Å². The van der Waals surface area contributed by atoms with Crippen molar-refractivity contribution in [1.29, 1.82) is 0 Å². The Hall–Kier alpha value is -2.63. The number of methoxy groups -OCH3 is 2. The van der Waals surface area contributed by atoms with Crippen LogP contribution in [0.5, 0.6) is 5.75 Å². The first-order valence-electron chi connectivity index (χ1n) is 10.7. The SMILES string of the molecule is COCCCNC(=O)[C@@H]1CN(S(=O)(=O)c2ccc(OC)cc2)C[C@H]1c1cccc(C(F)(F)F)c1. The highest BCUT2D eigenvalue weighted by Crippen LogP contribution is 2.38. The molecule has 1 fully saturated rings. The van der Waals surface area contributed by atoms with Gasteiger partial charge in [-0.3, -0.25) is 4.79 Å². The topological polar surface area (TPSA) is 84.9 Å². The predicted octanol–water partition coefficient (Wildman–Crippen LogP) is 3.27. The van der Waals surface area contributed by atoms with Crippen LogP contribution in [0.2, 0.25) is 0 Å². The Bertz CT molecular complexity index is 1090. The van der Waals surface area contributed by atoms with Crippen molar-refractivity contribution in [2.24, 2.45) is 5.92 Å². The highest BCUT2D eigenvalue weighted by atomic mass is 32.2. The molecular weight excluding hydrogens is 473 g/mol. The summed E-state index contributed by atoms with van der Waals surface area (Å²) in [6.45, 7) is 0.473. The first-order chi connectivity index (χ1) is 16.1. The van der Waals surface area contributed by atoms with Crippen LogP contribution >= 0.6 is 0 Å². The second kappa shape index (κ2) is 10.7. The number of benzene rings is 2. The third kappa shape index (κ3) is 5.89. The van der Waals surface area contributed by atoms with Crippen molar-refractivity contribution >= 4 is 15.9 Å². The number of carbonyl (C=O) groups excluding carboxylic acids is 1. The van der Waals surface area contributed by atoms with Gasteiger partial charge in [-0.05, 0) is 42.3 Å². The number of rotatable bonds is 9. The number of sulfonamides is 1. The lowest BCUT2D eigenvalue weighted by atomic mass is 9.87. The second-order valence-corrected chi connectivity index (χ2v) is 9.91. The summed E-state index contributed by atoms with van der Waals surface area (Å²) >= 11 is 0. The van der Waals surface area contributed by atoms with Crippen LogP contribution in [0.25, 0.3) is 0 Å². The number of alkyl halides is 3. The molecule has 34 heavy (non-hydrogen) atoms. The maximum absolute atomic E-state index is 13.3. The lowest BCUT2D eigenvalue weighted by Gasteiger charge is -2.19. The van der Waals surface area contributed by atoms with E-state index >= 15 is 0 Å². The molecule has 0 saturated carbocycles. The second-order valence-electron chi connectivity index (χ2n) is 7.97. The van der Waals surface area contributed by atoms with E-state index in [0.29, 0.717) is 25.3 Å². The number of hydrogen-bond donors (Lipinski definition) is 1. The van der Waals surface area contributed by atoms with E-state index in [1.807, 2.05) is 0 Å². The van der Waals surface area contributed by atoms with Gasteiger partial charge in [0.2, 0.25) is 15.9 Å². The van der Waals surface area contributed by atoms with Crippen LogP contribution in [-0.2, 0) is 25.7 Å². The highest BCUT2D eigenvalue weighted by molar-refractivity contribution is 7.89. The van der Waals surface area contributed by atoms with Crippen molar-refractivity contribution in [2.45, 2.75) is 23.4 Å². The summed E-state index contributed by atoms with van der Waals surface area (Å²) in [6, 6.07) is 10.5. The van der Waals surface area contributed by atoms with Gasteiger partial charge in [-0.2, -0.15) is 17.5 Å². The average Bonchev–Trinajstić information content (AvgIpc) is 3.28. The molecule has 2 aromatic rings. The highest BCUT2D eigenvalue weighted by Gasteiger charge is 2.44. The first kappa shape index (κ1) is 26.0. The number of carbonyl (C=O) groups is 1. The monoisotopic (exact) mass is 500 g/mol. The van der Waals surface area contributed by atoms with Crippen molar-refractivity contribution in [1.82, 2.24) is 9.62 Å². The van der Waals surface area contributed by atoms with Crippen LogP contribution in [0.3, 0.4) is 0 Å². The minimum Gasteiger partial charge on any atom is -0.497 e. The zero-order valence-electron chi connectivity index (χ0n) is 18.8. The predicted molar refractivity (Wildman–Crippen MR) is 119 cm³/mol. The molecule has 1 aliphatic heterocycles. The van der Waals surface area contributed by atoms with Gasteiger partial charge in [-0.1, -0.05) is 18.2 Å². The van der Waals surface area contributed by atoms with Crippen LogP contribution in [-0.4, -0.2) is 59.1 Å². The number of nitrogens with zero attached hydrogens (tertiary/aromatic N) is 1. The standard InChI is InChI=1S/C23H27F3N2O5S/c1-32-12-4-11-27-22(29)21-15-28(34(30,31)19-9-7-18(33-2)8-10-19)14-20(21)16-5-3-6-17(13-16)23(24,25)26/h3,5-10,13,20-21H,4,11-12,14-15H2,1-2H3,(H,27,29)/t20-,21+/m0/s1. The largest absolute Gasteiger partial charge is 0.497 e. The van der Waals surface area contributed by atoms with Crippen LogP contribution in [0.1, 0.15) is 23.5 Å². The van der Waals surface area contributed by atoms with E-state index in [-0.39, 0.29) is 23.5 Å². The van der Waals surface area contributed by atoms with E-state index in [9.17, 15) is 26.4 Å². The van der Waals surface area contributed by atoms with Crippen LogP contribution in [0.4, 0.5) is 13.2 Å². The quantitative estimate of drug-likeness (QED) is 0.535. The van der Waals surface area contributed by atoms with Gasteiger partial charge in [0.15, 0.2) is 0 Å². The summed E-state index contributed by atoms with van der Waals surface area (Å²) < 4.78 is 77.6. The minimum atomic E-state index is -4.55. The summed E-state index contributed by atoms with van der Waals surface area (Å²) in [7, 11) is -0.993. The number of nitrogens with one attached hydrogen (secondary N) is 1. The molecule has 0 bridgehead atoms. The molecule has 1 N–H and O–H groups in total. The van der Waals surface area contributed by atoms with E-state index < -0.39 is 39.5 Å². The van der Waals surface area contributed by atoms with Crippen LogP contribution < -0.4 is 10.1 Å². The molecule has 1 heterocycles. The summed E-state index contributed by atoms with van der Waals surface area (Å²) in [5.74, 6) is -1.52. The Labute approximate surface area is 196 Å². The van der Waals surface area contributed by atoms with Gasteiger partial charge in [0, 0.05) is 39.3 Å². The van der Waals surface area contributed by atoms with E-state index in [1.165, 1.54) is 50.6 Å². The van der Waals surface area contributed by atoms with Crippen molar-refractivity contribution in [2.75, 3.05) is 40.5 Å². The molecule has 7 nitrogen and oxygen atoms in total. The number of amides is 1. The average molecular weight is 501 g/mol. The lowest BCUT2D eigenvalue weighted by molar-refractivity contribution is -0.137. The van der Waals surface area contributed by atoms with Gasteiger partial charge in [0.25, 0.3) is 0 Å². The van der Waals surface area contributed by atoms with Gasteiger partial charge in [-0.15, -0.1) is 0 Å². The number of hydrogen-bond acceptors (Lipinski definition) is 5. The van der Waals surface area contributed by atoms with Gasteiger partial charge in [0.1, 0.15) is 5.75 Å². The molecule has 0 aliphatic carbocycles. The normalized spacial score (nSPS) is 19.2. The van der Waals surface area contributed by atoms with Crippen molar-refractivity contribution in [3.05, 3.63) is 59.7 Å². The molecule has 0 spiro atoms. The first-order valence-corrected chi connectivity index (χ1v) is 12.1. The van der Waals surface area contributed by atoms with E-state index in [0.717, 1.165) is 16.4 Å². The Morgan fingerprint density at radius 1 is 1.12 bits per heavy atom. The Balaban J connectivity index is 1.91. The molecular formula is C23H27F3N2O5S.